The lowest BCUT2D eigenvalue weighted by Gasteiger charge is -2.42. The third-order valence-electron chi connectivity index (χ3n) is 5.14. The molecule has 2 aliphatic rings. The van der Waals surface area contributed by atoms with Gasteiger partial charge in [0.25, 0.3) is 0 Å². The number of rotatable bonds is 8. The van der Waals surface area contributed by atoms with E-state index in [4.69, 9.17) is 5.11 Å². The number of ether oxygens (including phenoxy) is 1. The fraction of sp³-hybridized carbons (Fsp3) is 0.526. The summed E-state index contributed by atoms with van der Waals surface area (Å²) in [5, 5.41) is 14.3. The second-order valence-corrected chi connectivity index (χ2v) is 7.34. The summed E-state index contributed by atoms with van der Waals surface area (Å²) in [4.78, 5) is 37.0. The van der Waals surface area contributed by atoms with Gasteiger partial charge in [0, 0.05) is 18.6 Å². The highest BCUT2D eigenvalue weighted by Crippen LogP contribution is 2.33. The van der Waals surface area contributed by atoms with Crippen molar-refractivity contribution in [2.24, 2.45) is 5.92 Å². The van der Waals surface area contributed by atoms with E-state index in [0.717, 1.165) is 32.6 Å². The molecule has 0 spiro atoms. The van der Waals surface area contributed by atoms with Crippen molar-refractivity contribution in [3.8, 4) is 0 Å². The minimum absolute atomic E-state index is 0.00582. The Hall–Kier alpha value is -2.68. The van der Waals surface area contributed by atoms with Crippen molar-refractivity contribution in [1.82, 2.24) is 10.2 Å². The number of nitrogens with one attached hydrogen (secondary N) is 2. The largest absolute Gasteiger partial charge is 0.480 e. The van der Waals surface area contributed by atoms with Crippen molar-refractivity contribution in [1.29, 1.82) is 0 Å². The molecule has 1 aromatic carbocycles. The van der Waals surface area contributed by atoms with Crippen LogP contribution in [0.4, 0.5) is 14.9 Å². The summed E-state index contributed by atoms with van der Waals surface area (Å²) in [6.45, 7) is 0.785. The molecule has 2 saturated carbocycles. The molecule has 0 bridgehead atoms. The van der Waals surface area contributed by atoms with Gasteiger partial charge in [0.1, 0.15) is 11.4 Å². The molecule has 152 valence electrons. The Morgan fingerprint density at radius 1 is 1.29 bits per heavy atom. The molecule has 0 unspecified atom stereocenters. The standard InChI is InChI=1S/C19H24FN3O5/c1-28-18(26)17-14(20)3-2-4-15(17)22-19(27)21-12-7-13(8-12)23(10-16(24)25)9-11-5-6-11/h2-4,11-13H,5-10H2,1H3,(H,24,25)(H2,21,22,27). The van der Waals surface area contributed by atoms with Crippen LogP contribution < -0.4 is 10.6 Å². The number of halogens is 1. The predicted molar refractivity (Wildman–Crippen MR) is 98.6 cm³/mol. The van der Waals surface area contributed by atoms with Gasteiger partial charge >= 0.3 is 18.0 Å². The van der Waals surface area contributed by atoms with Crippen molar-refractivity contribution in [2.75, 3.05) is 25.5 Å². The molecule has 0 aromatic heterocycles. The fourth-order valence-electron chi connectivity index (χ4n) is 3.43. The van der Waals surface area contributed by atoms with Crippen LogP contribution in [0.2, 0.25) is 0 Å². The average molecular weight is 393 g/mol. The van der Waals surface area contributed by atoms with E-state index in [0.29, 0.717) is 18.8 Å². The Kier molecular flexibility index (Phi) is 6.13. The molecule has 2 aliphatic carbocycles. The number of benzene rings is 1. The Morgan fingerprint density at radius 3 is 2.61 bits per heavy atom. The number of anilines is 1. The van der Waals surface area contributed by atoms with E-state index in [1.165, 1.54) is 12.1 Å². The van der Waals surface area contributed by atoms with Gasteiger partial charge in [0.15, 0.2) is 0 Å². The molecule has 8 nitrogen and oxygen atoms in total. The van der Waals surface area contributed by atoms with Crippen molar-refractivity contribution in [3.05, 3.63) is 29.6 Å². The smallest absolute Gasteiger partial charge is 0.342 e. The number of hydrogen-bond acceptors (Lipinski definition) is 5. The van der Waals surface area contributed by atoms with Gasteiger partial charge < -0.3 is 20.5 Å². The summed E-state index contributed by atoms with van der Waals surface area (Å²) in [6.07, 6.45) is 3.59. The second kappa shape index (κ2) is 8.55. The van der Waals surface area contributed by atoms with Crippen molar-refractivity contribution in [2.45, 2.75) is 37.8 Å². The van der Waals surface area contributed by atoms with Crippen LogP contribution in [0.5, 0.6) is 0 Å². The van der Waals surface area contributed by atoms with Gasteiger partial charge in [-0.25, -0.2) is 14.0 Å². The summed E-state index contributed by atoms with van der Waals surface area (Å²) in [5.74, 6) is -1.92. The predicted octanol–water partition coefficient (Wildman–Crippen LogP) is 2.06. The topological polar surface area (TPSA) is 108 Å². The molecule has 0 atom stereocenters. The van der Waals surface area contributed by atoms with Crippen LogP contribution in [0.15, 0.2) is 18.2 Å². The van der Waals surface area contributed by atoms with E-state index in [-0.39, 0.29) is 29.9 Å². The van der Waals surface area contributed by atoms with Gasteiger partial charge in [-0.1, -0.05) is 6.07 Å². The molecule has 3 N–H and O–H groups in total. The van der Waals surface area contributed by atoms with E-state index < -0.39 is 23.8 Å². The molecular weight excluding hydrogens is 369 g/mol. The van der Waals surface area contributed by atoms with Gasteiger partial charge in [-0.3, -0.25) is 9.69 Å². The quantitative estimate of drug-likeness (QED) is 0.584. The summed E-state index contributed by atoms with van der Waals surface area (Å²) >= 11 is 0. The number of urea groups is 1. The average Bonchev–Trinajstić information content (AvgIpc) is 3.40. The van der Waals surface area contributed by atoms with Crippen LogP contribution in [-0.4, -0.2) is 60.3 Å². The van der Waals surface area contributed by atoms with Crippen LogP contribution in [0.1, 0.15) is 36.0 Å². The van der Waals surface area contributed by atoms with E-state index >= 15 is 0 Å². The second-order valence-electron chi connectivity index (χ2n) is 7.34. The number of methoxy groups -OCH3 is 1. The number of carboxylic acids is 1. The van der Waals surface area contributed by atoms with Crippen LogP contribution in [0, 0.1) is 11.7 Å². The summed E-state index contributed by atoms with van der Waals surface area (Å²) in [7, 11) is 1.14. The van der Waals surface area contributed by atoms with E-state index in [1.54, 1.807) is 0 Å². The lowest BCUT2D eigenvalue weighted by atomic mass is 9.85. The van der Waals surface area contributed by atoms with Gasteiger partial charge in [-0.15, -0.1) is 0 Å². The molecule has 0 saturated heterocycles. The molecule has 0 heterocycles. The highest BCUT2D eigenvalue weighted by molar-refractivity contribution is 6.01. The number of esters is 1. The maximum absolute atomic E-state index is 13.9. The Morgan fingerprint density at radius 2 is 2.00 bits per heavy atom. The molecule has 2 amide bonds. The minimum Gasteiger partial charge on any atom is -0.480 e. The molecule has 9 heteroatoms. The summed E-state index contributed by atoms with van der Waals surface area (Å²) in [5.41, 5.74) is -0.301. The van der Waals surface area contributed by atoms with Crippen molar-refractivity contribution < 1.29 is 28.6 Å². The first-order chi connectivity index (χ1) is 13.4. The number of nitrogens with zero attached hydrogens (tertiary/aromatic N) is 1. The normalized spacial score (nSPS) is 21.0. The monoisotopic (exact) mass is 393 g/mol. The Bertz CT molecular complexity index is 762. The molecule has 28 heavy (non-hydrogen) atoms. The van der Waals surface area contributed by atoms with Crippen molar-refractivity contribution >= 4 is 23.7 Å². The molecule has 3 rings (SSSR count). The number of carbonyl (C=O) groups excluding carboxylic acids is 2. The Labute approximate surface area is 162 Å². The third-order valence-corrected chi connectivity index (χ3v) is 5.14. The molecular formula is C19H24FN3O5. The van der Waals surface area contributed by atoms with Gasteiger partial charge in [-0.05, 0) is 43.7 Å². The van der Waals surface area contributed by atoms with Crippen LogP contribution in [0.3, 0.4) is 0 Å². The van der Waals surface area contributed by atoms with Gasteiger partial charge in [0.2, 0.25) is 0 Å². The van der Waals surface area contributed by atoms with Crippen molar-refractivity contribution in [3.63, 3.8) is 0 Å². The maximum atomic E-state index is 13.9. The van der Waals surface area contributed by atoms with Crippen LogP contribution in [-0.2, 0) is 9.53 Å². The maximum Gasteiger partial charge on any atom is 0.342 e. The first-order valence-corrected chi connectivity index (χ1v) is 9.27. The zero-order chi connectivity index (χ0) is 20.3. The lowest BCUT2D eigenvalue weighted by molar-refractivity contribution is -0.139. The number of carboxylic acid groups (broad SMARTS) is 1. The van der Waals surface area contributed by atoms with E-state index in [1.807, 2.05) is 4.90 Å². The number of carbonyl (C=O) groups is 3. The summed E-state index contributed by atoms with van der Waals surface area (Å²) < 4.78 is 18.5. The van der Waals surface area contributed by atoms with E-state index in [9.17, 15) is 18.8 Å². The molecule has 0 aliphatic heterocycles. The Balaban J connectivity index is 1.52. The van der Waals surface area contributed by atoms with Crippen LogP contribution >= 0.6 is 0 Å². The highest BCUT2D eigenvalue weighted by atomic mass is 19.1. The molecule has 2 fully saturated rings. The molecule has 0 radical (unpaired) electrons. The SMILES string of the molecule is COC(=O)c1c(F)cccc1NC(=O)NC1CC(N(CC(=O)O)CC2CC2)C1. The van der Waals surface area contributed by atoms with Crippen LogP contribution in [0.25, 0.3) is 0 Å². The highest BCUT2D eigenvalue weighted by Gasteiger charge is 2.37. The number of amides is 2. The third kappa shape index (κ3) is 4.98. The van der Waals surface area contributed by atoms with Gasteiger partial charge in [-0.2, -0.15) is 0 Å². The minimum atomic E-state index is -0.874. The lowest BCUT2D eigenvalue weighted by Crippen LogP contribution is -2.55. The van der Waals surface area contributed by atoms with E-state index in [2.05, 4.69) is 15.4 Å². The number of hydrogen-bond donors (Lipinski definition) is 3. The first kappa shape index (κ1) is 20.1. The molecule has 1 aromatic rings. The zero-order valence-electron chi connectivity index (χ0n) is 15.6. The number of aliphatic carboxylic acids is 1. The zero-order valence-corrected chi connectivity index (χ0v) is 15.6. The first-order valence-electron chi connectivity index (χ1n) is 9.27. The fourth-order valence-corrected chi connectivity index (χ4v) is 3.43. The van der Waals surface area contributed by atoms with Gasteiger partial charge in [0.05, 0.1) is 19.3 Å². The summed E-state index contributed by atoms with van der Waals surface area (Å²) in [6, 6.07) is 3.40.